The van der Waals surface area contributed by atoms with Crippen molar-refractivity contribution in [1.82, 2.24) is 9.97 Å². The summed E-state index contributed by atoms with van der Waals surface area (Å²) >= 11 is 1.42. The fourth-order valence-electron chi connectivity index (χ4n) is 5.51. The van der Waals surface area contributed by atoms with Crippen LogP contribution in [0.3, 0.4) is 0 Å². The number of pyridine rings is 1. The molecule has 11 nitrogen and oxygen atoms in total. The van der Waals surface area contributed by atoms with E-state index in [-0.39, 0.29) is 43.1 Å². The minimum absolute atomic E-state index is 0.0647. The molecule has 0 aliphatic carbocycles. The van der Waals surface area contributed by atoms with Gasteiger partial charge in [-0.15, -0.1) is 0 Å². The maximum absolute atomic E-state index is 13.4. The summed E-state index contributed by atoms with van der Waals surface area (Å²) in [6, 6.07) is 23.5. The van der Waals surface area contributed by atoms with Gasteiger partial charge in [-0.05, 0) is 87.2 Å². The highest BCUT2D eigenvalue weighted by Crippen LogP contribution is 2.34. The first-order valence-electron chi connectivity index (χ1n) is 15.9. The maximum atomic E-state index is 13.4. The van der Waals surface area contributed by atoms with Crippen molar-refractivity contribution in [2.45, 2.75) is 45.6 Å². The number of benzene rings is 3. The van der Waals surface area contributed by atoms with Crippen LogP contribution in [0, 0.1) is 0 Å². The molecule has 0 atom stereocenters. The molecule has 0 saturated carbocycles. The Balaban J connectivity index is 1.11. The summed E-state index contributed by atoms with van der Waals surface area (Å²) in [7, 11) is 0. The Hall–Kier alpha value is -5.49. The largest absolute Gasteiger partial charge is 0.490 e. The summed E-state index contributed by atoms with van der Waals surface area (Å²) in [5.74, 6) is -0.911. The van der Waals surface area contributed by atoms with Gasteiger partial charge in [-0.1, -0.05) is 47.7 Å². The van der Waals surface area contributed by atoms with Crippen LogP contribution in [0.25, 0.3) is 21.5 Å². The van der Waals surface area contributed by atoms with Crippen molar-refractivity contribution in [3.63, 3.8) is 0 Å². The minimum atomic E-state index is -1.23. The minimum Gasteiger partial charge on any atom is -0.490 e. The van der Waals surface area contributed by atoms with Crippen LogP contribution in [-0.2, 0) is 22.4 Å². The molecule has 3 aromatic carbocycles. The summed E-state index contributed by atoms with van der Waals surface area (Å²) in [5.41, 5.74) is 3.64. The molecule has 1 aliphatic heterocycles. The first-order valence-corrected chi connectivity index (χ1v) is 16.7. The summed E-state index contributed by atoms with van der Waals surface area (Å²) in [6.07, 6.45) is 1.75. The number of urea groups is 1. The predicted molar refractivity (Wildman–Crippen MR) is 188 cm³/mol. The predicted octanol–water partition coefficient (Wildman–Crippen LogP) is 7.38. The smallest absolute Gasteiger partial charge is 0.358 e. The normalized spacial score (nSPS) is 12.7. The number of aromatic carboxylic acids is 1. The summed E-state index contributed by atoms with van der Waals surface area (Å²) in [6.45, 7) is 6.19. The van der Waals surface area contributed by atoms with Gasteiger partial charge in [0.05, 0.1) is 22.3 Å². The van der Waals surface area contributed by atoms with Crippen molar-refractivity contribution in [3.8, 4) is 22.8 Å². The molecule has 5 aromatic rings. The number of esters is 1. The number of carboxylic acid groups (broad SMARTS) is 1. The van der Waals surface area contributed by atoms with Crippen molar-refractivity contribution < 1.29 is 33.7 Å². The van der Waals surface area contributed by atoms with Gasteiger partial charge in [0.25, 0.3) is 0 Å². The van der Waals surface area contributed by atoms with Gasteiger partial charge < -0.3 is 19.3 Å². The number of para-hydroxylation sites is 1. The fraction of sp³-hybridized carbons (Fsp3) is 0.270. The molecule has 0 bridgehead atoms. The number of aromatic nitrogens is 2. The number of hydrogen-bond acceptors (Lipinski definition) is 9. The van der Waals surface area contributed by atoms with Crippen molar-refractivity contribution >= 4 is 50.3 Å². The third-order valence-corrected chi connectivity index (χ3v) is 8.54. The SMILES string of the molecule is CC(C)(C)OC(=O)Cc1cccc(OCCOc2ccc(-c3ccc4c(c3)N(C(=O)Nc3nc5ccccc5s3)CCC4)nc2C(=O)O)c1. The van der Waals surface area contributed by atoms with E-state index in [2.05, 4.69) is 15.3 Å². The van der Waals surface area contributed by atoms with E-state index >= 15 is 0 Å². The summed E-state index contributed by atoms with van der Waals surface area (Å²) in [4.78, 5) is 48.4. The van der Waals surface area contributed by atoms with E-state index in [4.69, 9.17) is 14.2 Å². The lowest BCUT2D eigenvalue weighted by molar-refractivity contribution is -0.153. The number of rotatable bonds is 10. The van der Waals surface area contributed by atoms with Crippen molar-refractivity contribution in [3.05, 3.63) is 95.7 Å². The Labute approximate surface area is 287 Å². The van der Waals surface area contributed by atoms with Crippen molar-refractivity contribution in [2.75, 3.05) is 30.0 Å². The van der Waals surface area contributed by atoms with Gasteiger partial charge >= 0.3 is 18.0 Å². The average Bonchev–Trinajstić information content (AvgIpc) is 3.47. The van der Waals surface area contributed by atoms with Crippen LogP contribution in [0.4, 0.5) is 15.6 Å². The van der Waals surface area contributed by atoms with Gasteiger partial charge in [0.1, 0.15) is 24.6 Å². The Morgan fingerprint density at radius 1 is 0.939 bits per heavy atom. The summed E-state index contributed by atoms with van der Waals surface area (Å²) < 4.78 is 17.9. The standard InChI is InChI=1S/C37H36N4O7S/c1-37(2,3)48-32(42)21-23-8-6-10-26(20-23)46-18-19-47-30-16-15-27(38-33(30)34(43)44)25-14-13-24-9-7-17-41(29(24)22-25)36(45)40-35-39-28-11-4-5-12-31(28)49-35/h4-6,8,10-16,20,22H,7,9,17-19,21H2,1-3H3,(H,43,44)(H,39,40,45). The first-order chi connectivity index (χ1) is 23.5. The number of amides is 2. The molecule has 1 aliphatic rings. The molecular weight excluding hydrogens is 644 g/mol. The maximum Gasteiger partial charge on any atom is 0.358 e. The average molecular weight is 681 g/mol. The number of nitrogens with zero attached hydrogens (tertiary/aromatic N) is 3. The zero-order chi connectivity index (χ0) is 34.5. The van der Waals surface area contributed by atoms with Crippen LogP contribution in [0.1, 0.15) is 48.8 Å². The van der Waals surface area contributed by atoms with E-state index in [1.807, 2.05) is 69.3 Å². The molecule has 2 aromatic heterocycles. The molecule has 12 heteroatoms. The second-order valence-corrected chi connectivity index (χ2v) is 13.5. The number of ether oxygens (including phenoxy) is 3. The highest BCUT2D eigenvalue weighted by Gasteiger charge is 2.25. The zero-order valence-electron chi connectivity index (χ0n) is 27.4. The van der Waals surface area contributed by atoms with Gasteiger partial charge in [0.15, 0.2) is 16.6 Å². The van der Waals surface area contributed by atoms with Crippen LogP contribution < -0.4 is 19.7 Å². The molecule has 0 radical (unpaired) electrons. The lowest BCUT2D eigenvalue weighted by atomic mass is 9.98. The quantitative estimate of drug-likeness (QED) is 0.114. The highest BCUT2D eigenvalue weighted by molar-refractivity contribution is 7.22. The van der Waals surface area contributed by atoms with E-state index in [0.717, 1.165) is 39.9 Å². The van der Waals surface area contributed by atoms with Crippen LogP contribution in [0.15, 0.2) is 78.9 Å². The number of hydrogen-bond donors (Lipinski definition) is 2. The molecule has 0 fully saturated rings. The van der Waals surface area contributed by atoms with E-state index in [1.165, 1.54) is 11.3 Å². The van der Waals surface area contributed by atoms with E-state index < -0.39 is 11.6 Å². The third kappa shape index (κ3) is 8.33. The van der Waals surface area contributed by atoms with Gasteiger partial charge in [0, 0.05) is 17.8 Å². The van der Waals surface area contributed by atoms with Gasteiger partial charge in [-0.25, -0.2) is 19.6 Å². The second-order valence-electron chi connectivity index (χ2n) is 12.5. The number of thiazole rings is 1. The van der Waals surface area contributed by atoms with Crippen LogP contribution in [0.2, 0.25) is 0 Å². The molecule has 49 heavy (non-hydrogen) atoms. The van der Waals surface area contributed by atoms with Crippen LogP contribution in [-0.4, -0.2) is 58.4 Å². The lowest BCUT2D eigenvalue weighted by Crippen LogP contribution is -2.38. The highest BCUT2D eigenvalue weighted by atomic mass is 32.1. The Kier molecular flexibility index (Phi) is 9.77. The number of carbonyl (C=O) groups is 3. The van der Waals surface area contributed by atoms with Crippen LogP contribution >= 0.6 is 11.3 Å². The monoisotopic (exact) mass is 680 g/mol. The molecule has 252 valence electrons. The molecule has 2 N–H and O–H groups in total. The van der Waals surface area contributed by atoms with Gasteiger partial charge in [-0.2, -0.15) is 0 Å². The second kappa shape index (κ2) is 14.3. The number of carboxylic acids is 1. The topological polar surface area (TPSA) is 140 Å². The number of aryl methyl sites for hydroxylation is 1. The molecule has 2 amide bonds. The molecule has 0 unspecified atom stereocenters. The molecule has 0 saturated heterocycles. The number of carbonyl (C=O) groups excluding carboxylic acids is 2. The first kappa shape index (κ1) is 33.4. The third-order valence-electron chi connectivity index (χ3n) is 7.59. The van der Waals surface area contributed by atoms with E-state index in [9.17, 15) is 19.5 Å². The Morgan fingerprint density at radius 2 is 1.76 bits per heavy atom. The number of anilines is 2. The number of fused-ring (bicyclic) bond motifs is 2. The van der Waals surface area contributed by atoms with E-state index in [0.29, 0.717) is 28.7 Å². The van der Waals surface area contributed by atoms with Crippen molar-refractivity contribution in [2.24, 2.45) is 0 Å². The Morgan fingerprint density at radius 3 is 2.55 bits per heavy atom. The molecular formula is C37H36N4O7S. The van der Waals surface area contributed by atoms with E-state index in [1.54, 1.807) is 35.2 Å². The van der Waals surface area contributed by atoms with Crippen LogP contribution in [0.5, 0.6) is 11.5 Å². The van der Waals surface area contributed by atoms with Crippen molar-refractivity contribution in [1.29, 1.82) is 0 Å². The zero-order valence-corrected chi connectivity index (χ0v) is 28.2. The molecule has 6 rings (SSSR count). The molecule has 3 heterocycles. The summed E-state index contributed by atoms with van der Waals surface area (Å²) in [5, 5.41) is 13.4. The Bertz CT molecular complexity index is 1990. The fourth-order valence-corrected chi connectivity index (χ4v) is 6.36. The van der Waals surface area contributed by atoms with Gasteiger partial charge in [0.2, 0.25) is 0 Å². The lowest BCUT2D eigenvalue weighted by Gasteiger charge is -2.29. The number of nitrogens with one attached hydrogen (secondary N) is 1. The molecule has 0 spiro atoms. The van der Waals surface area contributed by atoms with Gasteiger partial charge in [-0.3, -0.25) is 15.0 Å².